The molecule has 0 amide bonds. The number of nitrogens with zero attached hydrogens (tertiary/aromatic N) is 2. The van der Waals surface area contributed by atoms with Crippen LogP contribution in [-0.4, -0.2) is 9.38 Å². The van der Waals surface area contributed by atoms with Crippen LogP contribution < -0.4 is 0 Å². The summed E-state index contributed by atoms with van der Waals surface area (Å²) in [4.78, 5) is 5.93. The molecule has 2 aromatic heterocycles. The lowest BCUT2D eigenvalue weighted by Gasteiger charge is -2.10. The summed E-state index contributed by atoms with van der Waals surface area (Å²) in [5, 5.41) is 2.19. The first-order valence-corrected chi connectivity index (χ1v) is 6.84. The second kappa shape index (κ2) is 4.21. The van der Waals surface area contributed by atoms with Crippen LogP contribution in [0, 0.1) is 12.8 Å². The van der Waals surface area contributed by atoms with Crippen LogP contribution >= 0.6 is 11.3 Å². The molecule has 0 spiro atoms. The van der Waals surface area contributed by atoms with Crippen molar-refractivity contribution in [3.05, 3.63) is 22.5 Å². The molecule has 16 heavy (non-hydrogen) atoms. The molecule has 0 radical (unpaired) electrons. The predicted molar refractivity (Wildman–Crippen MR) is 70.4 cm³/mol. The Hall–Kier alpha value is -0.830. The van der Waals surface area contributed by atoms with Crippen molar-refractivity contribution in [2.24, 2.45) is 5.92 Å². The summed E-state index contributed by atoms with van der Waals surface area (Å²) in [5.41, 5.74) is 4.01. The van der Waals surface area contributed by atoms with Gasteiger partial charge in [-0.3, -0.25) is 4.40 Å². The summed E-state index contributed by atoms with van der Waals surface area (Å²) in [7, 11) is 0. The molecule has 88 valence electrons. The molecule has 0 atom stereocenters. The lowest BCUT2D eigenvalue weighted by molar-refractivity contribution is 0.625. The van der Waals surface area contributed by atoms with Gasteiger partial charge in [-0.2, -0.15) is 0 Å². The number of fused-ring (bicyclic) bond motifs is 1. The molecule has 0 bridgehead atoms. The fraction of sp³-hybridized carbons (Fsp3) is 0.615. The third-order valence-corrected chi connectivity index (χ3v) is 3.74. The Balaban J connectivity index is 2.60. The van der Waals surface area contributed by atoms with Crippen molar-refractivity contribution >= 4 is 16.3 Å². The van der Waals surface area contributed by atoms with Gasteiger partial charge in [0.25, 0.3) is 0 Å². The minimum atomic E-state index is 0.539. The van der Waals surface area contributed by atoms with Crippen LogP contribution in [0.1, 0.15) is 50.7 Å². The average molecular weight is 236 g/mol. The van der Waals surface area contributed by atoms with Crippen LogP contribution in [0.25, 0.3) is 4.96 Å². The normalized spacial score (nSPS) is 12.2. The van der Waals surface area contributed by atoms with E-state index in [1.807, 2.05) is 0 Å². The van der Waals surface area contributed by atoms with Gasteiger partial charge in [-0.25, -0.2) is 4.98 Å². The van der Waals surface area contributed by atoms with E-state index in [1.54, 1.807) is 11.3 Å². The van der Waals surface area contributed by atoms with E-state index in [0.29, 0.717) is 11.8 Å². The second-order valence-corrected chi connectivity index (χ2v) is 6.03. The highest BCUT2D eigenvalue weighted by atomic mass is 32.1. The predicted octanol–water partition coefficient (Wildman–Crippen LogP) is 4.03. The van der Waals surface area contributed by atoms with E-state index in [4.69, 9.17) is 4.98 Å². The summed E-state index contributed by atoms with van der Waals surface area (Å²) in [5.74, 6) is 1.21. The monoisotopic (exact) mass is 236 g/mol. The quantitative estimate of drug-likeness (QED) is 0.786. The van der Waals surface area contributed by atoms with Gasteiger partial charge in [0.1, 0.15) is 0 Å². The van der Waals surface area contributed by atoms with Crippen LogP contribution in [-0.2, 0) is 6.42 Å². The van der Waals surface area contributed by atoms with Crippen molar-refractivity contribution in [1.29, 1.82) is 0 Å². The standard InChI is InChI=1S/C13H20N2S/c1-8(2)6-11-12(9(3)4)15-10(5)7-16-13(15)14-11/h7-9H,6H2,1-5H3. The molecule has 0 aliphatic heterocycles. The summed E-state index contributed by atoms with van der Waals surface area (Å²) in [6.07, 6.45) is 1.08. The molecular formula is C13H20N2S. The topological polar surface area (TPSA) is 17.3 Å². The fourth-order valence-corrected chi connectivity index (χ4v) is 3.09. The molecule has 0 fully saturated rings. The van der Waals surface area contributed by atoms with Gasteiger partial charge in [0, 0.05) is 16.8 Å². The molecule has 0 aromatic carbocycles. The number of aromatic nitrogens is 2. The van der Waals surface area contributed by atoms with E-state index < -0.39 is 0 Å². The van der Waals surface area contributed by atoms with E-state index in [0.717, 1.165) is 11.4 Å². The van der Waals surface area contributed by atoms with Gasteiger partial charge < -0.3 is 0 Å². The average Bonchev–Trinajstić information content (AvgIpc) is 2.65. The van der Waals surface area contributed by atoms with Crippen molar-refractivity contribution < 1.29 is 0 Å². The molecule has 0 aliphatic rings. The number of thiazole rings is 1. The Morgan fingerprint density at radius 1 is 1.31 bits per heavy atom. The Morgan fingerprint density at radius 3 is 2.56 bits per heavy atom. The van der Waals surface area contributed by atoms with Gasteiger partial charge in [-0.15, -0.1) is 11.3 Å². The van der Waals surface area contributed by atoms with Crippen molar-refractivity contribution in [1.82, 2.24) is 9.38 Å². The summed E-state index contributed by atoms with van der Waals surface area (Å²) < 4.78 is 2.33. The SMILES string of the molecule is Cc1csc2nc(CC(C)C)c(C(C)C)n12. The zero-order valence-electron chi connectivity index (χ0n) is 10.7. The maximum atomic E-state index is 4.78. The number of rotatable bonds is 3. The van der Waals surface area contributed by atoms with Gasteiger partial charge in [-0.05, 0) is 25.2 Å². The number of hydrogen-bond acceptors (Lipinski definition) is 2. The van der Waals surface area contributed by atoms with Crippen molar-refractivity contribution in [3.8, 4) is 0 Å². The molecule has 0 aliphatic carbocycles. The summed E-state index contributed by atoms with van der Waals surface area (Å²) in [6, 6.07) is 0. The molecule has 2 rings (SSSR count). The van der Waals surface area contributed by atoms with E-state index in [1.165, 1.54) is 17.1 Å². The van der Waals surface area contributed by atoms with Crippen LogP contribution in [0.3, 0.4) is 0 Å². The maximum absolute atomic E-state index is 4.78. The van der Waals surface area contributed by atoms with E-state index in [9.17, 15) is 0 Å². The smallest absolute Gasteiger partial charge is 0.194 e. The molecular weight excluding hydrogens is 216 g/mol. The lowest BCUT2D eigenvalue weighted by Crippen LogP contribution is -2.03. The molecule has 0 saturated heterocycles. The van der Waals surface area contributed by atoms with Crippen molar-refractivity contribution in [2.45, 2.75) is 47.0 Å². The third-order valence-electron chi connectivity index (χ3n) is 2.79. The van der Waals surface area contributed by atoms with E-state index in [-0.39, 0.29) is 0 Å². The minimum Gasteiger partial charge on any atom is -0.291 e. The Bertz CT molecular complexity index is 491. The van der Waals surface area contributed by atoms with E-state index in [2.05, 4.69) is 44.4 Å². The van der Waals surface area contributed by atoms with Gasteiger partial charge >= 0.3 is 0 Å². The maximum Gasteiger partial charge on any atom is 0.194 e. The largest absolute Gasteiger partial charge is 0.291 e. The zero-order chi connectivity index (χ0) is 11.9. The molecule has 0 saturated carbocycles. The van der Waals surface area contributed by atoms with Gasteiger partial charge in [-0.1, -0.05) is 27.7 Å². The van der Waals surface area contributed by atoms with E-state index >= 15 is 0 Å². The first kappa shape index (κ1) is 11.6. The third kappa shape index (κ3) is 1.88. The van der Waals surface area contributed by atoms with Gasteiger partial charge in [0.05, 0.1) is 5.69 Å². The highest BCUT2D eigenvalue weighted by molar-refractivity contribution is 7.15. The number of hydrogen-bond donors (Lipinski definition) is 0. The van der Waals surface area contributed by atoms with Crippen LogP contribution in [0.2, 0.25) is 0 Å². The van der Waals surface area contributed by atoms with Crippen molar-refractivity contribution in [3.63, 3.8) is 0 Å². The summed E-state index contributed by atoms with van der Waals surface area (Å²) >= 11 is 1.75. The Kier molecular flexibility index (Phi) is 3.06. The minimum absolute atomic E-state index is 0.539. The molecule has 0 N–H and O–H groups in total. The van der Waals surface area contributed by atoms with Crippen molar-refractivity contribution in [2.75, 3.05) is 0 Å². The lowest BCUT2D eigenvalue weighted by atomic mass is 10.0. The second-order valence-electron chi connectivity index (χ2n) is 5.19. The Morgan fingerprint density at radius 2 is 2.00 bits per heavy atom. The Labute approximate surface area is 101 Å². The number of imidazole rings is 1. The number of aryl methyl sites for hydroxylation is 1. The molecule has 2 nitrogen and oxygen atoms in total. The van der Waals surface area contributed by atoms with Gasteiger partial charge in [0.15, 0.2) is 4.96 Å². The molecule has 2 heterocycles. The van der Waals surface area contributed by atoms with Crippen LogP contribution in [0.15, 0.2) is 5.38 Å². The molecule has 0 unspecified atom stereocenters. The first-order chi connectivity index (χ1) is 7.50. The van der Waals surface area contributed by atoms with Crippen LogP contribution in [0.5, 0.6) is 0 Å². The highest BCUT2D eigenvalue weighted by Crippen LogP contribution is 2.27. The first-order valence-electron chi connectivity index (χ1n) is 5.96. The summed E-state index contributed by atoms with van der Waals surface area (Å²) in [6.45, 7) is 11.2. The zero-order valence-corrected chi connectivity index (χ0v) is 11.6. The fourth-order valence-electron chi connectivity index (χ4n) is 2.19. The highest BCUT2D eigenvalue weighted by Gasteiger charge is 2.18. The van der Waals surface area contributed by atoms with Crippen LogP contribution in [0.4, 0.5) is 0 Å². The van der Waals surface area contributed by atoms with Gasteiger partial charge in [0.2, 0.25) is 0 Å². The molecule has 3 heteroatoms. The molecule has 2 aromatic rings.